The number of pyridine rings is 1. The molecule has 0 spiro atoms. The van der Waals surface area contributed by atoms with Crippen LogP contribution < -0.4 is 10.6 Å². The van der Waals surface area contributed by atoms with Crippen molar-refractivity contribution in [1.29, 1.82) is 0 Å². The maximum atomic E-state index is 12.9. The van der Waals surface area contributed by atoms with E-state index in [1.807, 2.05) is 18.2 Å². The average Bonchev–Trinajstić information content (AvgIpc) is 2.79. The molecule has 0 amide bonds. The average molecular weight is 428 g/mol. The molecule has 3 heterocycles. The van der Waals surface area contributed by atoms with E-state index in [-0.39, 0.29) is 6.54 Å². The van der Waals surface area contributed by atoms with Crippen LogP contribution in [0.25, 0.3) is 11.3 Å². The molecule has 1 aliphatic rings. The first-order valence-electron chi connectivity index (χ1n) is 10.1. The van der Waals surface area contributed by atoms with Crippen molar-refractivity contribution >= 4 is 5.95 Å². The Hall–Kier alpha value is -3.04. The molecule has 0 saturated carbocycles. The van der Waals surface area contributed by atoms with Crippen LogP contribution in [0.2, 0.25) is 0 Å². The Bertz CT molecular complexity index is 1000. The summed E-state index contributed by atoms with van der Waals surface area (Å²) in [5.41, 5.74) is 7.97. The molecule has 0 radical (unpaired) electrons. The molecule has 1 saturated heterocycles. The Morgan fingerprint density at radius 3 is 2.26 bits per heavy atom. The molecule has 4 rings (SSSR count). The minimum Gasteiger partial charge on any atom is -0.338 e. The van der Waals surface area contributed by atoms with Gasteiger partial charge < -0.3 is 10.6 Å². The highest BCUT2D eigenvalue weighted by atomic mass is 19.4. The molecule has 2 aromatic heterocycles. The van der Waals surface area contributed by atoms with E-state index >= 15 is 0 Å². The quantitative estimate of drug-likeness (QED) is 0.672. The summed E-state index contributed by atoms with van der Waals surface area (Å²) in [5, 5.41) is 0. The van der Waals surface area contributed by atoms with E-state index in [2.05, 4.69) is 24.8 Å². The summed E-state index contributed by atoms with van der Waals surface area (Å²) in [6.07, 6.45) is -2.58. The van der Waals surface area contributed by atoms with Gasteiger partial charge >= 0.3 is 6.18 Å². The second-order valence-electron chi connectivity index (χ2n) is 7.41. The number of halogens is 3. The van der Waals surface area contributed by atoms with Crippen molar-refractivity contribution in [2.45, 2.75) is 19.3 Å². The van der Waals surface area contributed by atoms with E-state index < -0.39 is 11.7 Å². The zero-order valence-corrected chi connectivity index (χ0v) is 16.9. The van der Waals surface area contributed by atoms with Gasteiger partial charge in [-0.2, -0.15) is 13.2 Å². The Morgan fingerprint density at radius 2 is 1.65 bits per heavy atom. The van der Waals surface area contributed by atoms with E-state index in [9.17, 15) is 13.2 Å². The van der Waals surface area contributed by atoms with Gasteiger partial charge in [-0.15, -0.1) is 0 Å². The predicted octanol–water partition coefficient (Wildman–Crippen LogP) is 3.34. The van der Waals surface area contributed by atoms with Gasteiger partial charge in [0, 0.05) is 51.0 Å². The largest absolute Gasteiger partial charge is 0.416 e. The van der Waals surface area contributed by atoms with E-state index in [0.29, 0.717) is 22.9 Å². The molecule has 0 bridgehead atoms. The molecule has 6 nitrogen and oxygen atoms in total. The van der Waals surface area contributed by atoms with Gasteiger partial charge in [-0.3, -0.25) is 9.88 Å². The number of nitrogens with two attached hydrogens (primary N) is 1. The van der Waals surface area contributed by atoms with E-state index in [0.717, 1.165) is 50.6 Å². The van der Waals surface area contributed by atoms with Gasteiger partial charge in [0.1, 0.15) is 0 Å². The summed E-state index contributed by atoms with van der Waals surface area (Å²) >= 11 is 0. The molecule has 3 aromatic rings. The van der Waals surface area contributed by atoms with E-state index in [4.69, 9.17) is 5.73 Å². The minimum absolute atomic E-state index is 0.225. The molecule has 31 heavy (non-hydrogen) atoms. The molecular formula is C22H23F3N6. The number of benzene rings is 1. The summed E-state index contributed by atoms with van der Waals surface area (Å²) in [5.74, 6) is 0.551. The Balaban J connectivity index is 1.49. The summed E-state index contributed by atoms with van der Waals surface area (Å²) in [4.78, 5) is 18.0. The normalized spacial score (nSPS) is 15.3. The monoisotopic (exact) mass is 428 g/mol. The van der Waals surface area contributed by atoms with Crippen molar-refractivity contribution in [3.63, 3.8) is 0 Å². The van der Waals surface area contributed by atoms with Crippen molar-refractivity contribution in [2.75, 3.05) is 31.1 Å². The molecule has 1 fully saturated rings. The van der Waals surface area contributed by atoms with Gasteiger partial charge in [0.05, 0.1) is 22.6 Å². The summed E-state index contributed by atoms with van der Waals surface area (Å²) < 4.78 is 38.6. The maximum Gasteiger partial charge on any atom is 0.416 e. The van der Waals surface area contributed by atoms with Crippen LogP contribution in [0.3, 0.4) is 0 Å². The van der Waals surface area contributed by atoms with Crippen molar-refractivity contribution in [3.05, 3.63) is 71.7 Å². The SMILES string of the molecule is NCc1cc(-c2ccc(C(F)(F)F)cc2)nc(N2CCN(Cc3ccccn3)CC2)n1. The van der Waals surface area contributed by atoms with Gasteiger partial charge in [-0.25, -0.2) is 9.97 Å². The van der Waals surface area contributed by atoms with Gasteiger partial charge in [-0.05, 0) is 30.3 Å². The fourth-order valence-corrected chi connectivity index (χ4v) is 3.53. The number of nitrogens with zero attached hydrogens (tertiary/aromatic N) is 5. The number of hydrogen-bond donors (Lipinski definition) is 1. The predicted molar refractivity (Wildman–Crippen MR) is 112 cm³/mol. The molecule has 0 atom stereocenters. The zero-order valence-electron chi connectivity index (χ0n) is 16.9. The fraction of sp³-hybridized carbons (Fsp3) is 0.318. The molecular weight excluding hydrogens is 405 g/mol. The standard InChI is InChI=1S/C22H23F3N6/c23-22(24,25)17-6-4-16(5-7-17)20-13-19(14-26)28-21(29-20)31-11-9-30(10-12-31)15-18-3-1-2-8-27-18/h1-8,13H,9-12,14-15,26H2. The first-order chi connectivity index (χ1) is 14.9. The highest BCUT2D eigenvalue weighted by molar-refractivity contribution is 5.61. The number of alkyl halides is 3. The van der Waals surface area contributed by atoms with Gasteiger partial charge in [0.15, 0.2) is 0 Å². The third kappa shape index (κ3) is 5.18. The number of rotatable bonds is 5. The Labute approximate surface area is 178 Å². The highest BCUT2D eigenvalue weighted by Crippen LogP contribution is 2.31. The first-order valence-corrected chi connectivity index (χ1v) is 10.1. The number of piperazine rings is 1. The van der Waals surface area contributed by atoms with Crippen LogP contribution in [0.5, 0.6) is 0 Å². The van der Waals surface area contributed by atoms with Crippen molar-refractivity contribution in [1.82, 2.24) is 19.9 Å². The summed E-state index contributed by atoms with van der Waals surface area (Å²) in [7, 11) is 0. The zero-order chi connectivity index (χ0) is 21.8. The summed E-state index contributed by atoms with van der Waals surface area (Å²) in [6.45, 7) is 4.17. The van der Waals surface area contributed by atoms with Gasteiger partial charge in [0.25, 0.3) is 0 Å². The molecule has 1 aromatic carbocycles. The molecule has 162 valence electrons. The second kappa shape index (κ2) is 8.99. The lowest BCUT2D eigenvalue weighted by Crippen LogP contribution is -2.46. The topological polar surface area (TPSA) is 71.2 Å². The van der Waals surface area contributed by atoms with Crippen LogP contribution in [-0.4, -0.2) is 46.0 Å². The van der Waals surface area contributed by atoms with Crippen LogP contribution in [0.1, 0.15) is 17.0 Å². The third-order valence-electron chi connectivity index (χ3n) is 5.25. The fourth-order valence-electron chi connectivity index (χ4n) is 3.53. The number of anilines is 1. The Kier molecular flexibility index (Phi) is 6.15. The molecule has 2 N–H and O–H groups in total. The smallest absolute Gasteiger partial charge is 0.338 e. The minimum atomic E-state index is -4.37. The van der Waals surface area contributed by atoms with Crippen LogP contribution in [0, 0.1) is 0 Å². The molecule has 0 unspecified atom stereocenters. The lowest BCUT2D eigenvalue weighted by atomic mass is 10.1. The van der Waals surface area contributed by atoms with Crippen molar-refractivity contribution < 1.29 is 13.2 Å². The van der Waals surface area contributed by atoms with Crippen LogP contribution >= 0.6 is 0 Å². The first kappa shape index (κ1) is 21.2. The number of aromatic nitrogens is 3. The van der Waals surface area contributed by atoms with Crippen LogP contribution in [-0.2, 0) is 19.3 Å². The van der Waals surface area contributed by atoms with Crippen LogP contribution in [0.4, 0.5) is 19.1 Å². The molecule has 0 aliphatic carbocycles. The second-order valence-corrected chi connectivity index (χ2v) is 7.41. The maximum absolute atomic E-state index is 12.9. The van der Waals surface area contributed by atoms with Crippen molar-refractivity contribution in [3.8, 4) is 11.3 Å². The lowest BCUT2D eigenvalue weighted by Gasteiger charge is -2.34. The van der Waals surface area contributed by atoms with Gasteiger partial charge in [0.2, 0.25) is 5.95 Å². The van der Waals surface area contributed by atoms with E-state index in [1.54, 1.807) is 12.3 Å². The van der Waals surface area contributed by atoms with E-state index in [1.165, 1.54) is 12.1 Å². The summed E-state index contributed by atoms with van der Waals surface area (Å²) in [6, 6.07) is 12.6. The molecule has 9 heteroatoms. The third-order valence-corrected chi connectivity index (χ3v) is 5.25. The molecule has 1 aliphatic heterocycles. The Morgan fingerprint density at radius 1 is 0.903 bits per heavy atom. The highest BCUT2D eigenvalue weighted by Gasteiger charge is 2.30. The lowest BCUT2D eigenvalue weighted by molar-refractivity contribution is -0.137. The van der Waals surface area contributed by atoms with Gasteiger partial charge in [-0.1, -0.05) is 18.2 Å². The van der Waals surface area contributed by atoms with Crippen LogP contribution in [0.15, 0.2) is 54.7 Å². The number of hydrogen-bond acceptors (Lipinski definition) is 6. The van der Waals surface area contributed by atoms with Crippen molar-refractivity contribution in [2.24, 2.45) is 5.73 Å².